The fourth-order valence-corrected chi connectivity index (χ4v) is 2.60. The molecule has 0 unspecified atom stereocenters. The summed E-state index contributed by atoms with van der Waals surface area (Å²) in [5.41, 5.74) is 0.135. The maximum Gasteiger partial charge on any atom is 0.315 e. The maximum atomic E-state index is 12.1. The van der Waals surface area contributed by atoms with Crippen LogP contribution in [-0.2, 0) is 4.79 Å². The molecule has 0 atom stereocenters. The third kappa shape index (κ3) is 2.63. The molecule has 21 heavy (non-hydrogen) atoms. The number of piperazine rings is 1. The Kier molecular flexibility index (Phi) is 4.02. The summed E-state index contributed by atoms with van der Waals surface area (Å²) in [6, 6.07) is 5.14. The number of amides is 1. The van der Waals surface area contributed by atoms with Gasteiger partial charge in [0.2, 0.25) is 5.91 Å². The molecule has 1 aliphatic heterocycles. The van der Waals surface area contributed by atoms with E-state index in [4.69, 9.17) is 0 Å². The minimum absolute atomic E-state index is 0.0159. The second-order valence-corrected chi connectivity index (χ2v) is 5.43. The lowest BCUT2D eigenvalue weighted by atomic mass is 9.97. The summed E-state index contributed by atoms with van der Waals surface area (Å²) >= 11 is 0. The highest BCUT2D eigenvalue weighted by atomic mass is 16.6. The summed E-state index contributed by atoms with van der Waals surface area (Å²) < 4.78 is 0. The smallest absolute Gasteiger partial charge is 0.315 e. The van der Waals surface area contributed by atoms with Gasteiger partial charge in [-0.25, -0.2) is 0 Å². The Morgan fingerprint density at radius 3 is 2.81 bits per heavy atom. The summed E-state index contributed by atoms with van der Waals surface area (Å²) in [6.45, 7) is 7.03. The topological polar surface area (TPSA) is 87.5 Å². The maximum absolute atomic E-state index is 12.1. The average Bonchev–Trinajstić information content (AvgIpc) is 2.41. The molecular formula is C14H20N4O3. The van der Waals surface area contributed by atoms with Gasteiger partial charge in [0, 0.05) is 19.6 Å². The Morgan fingerprint density at radius 1 is 1.48 bits per heavy atom. The van der Waals surface area contributed by atoms with E-state index in [1.165, 1.54) is 0 Å². The predicted molar refractivity (Wildman–Crippen MR) is 81.7 cm³/mol. The lowest BCUT2D eigenvalue weighted by molar-refractivity contribution is -0.383. The molecule has 114 valence electrons. The Balaban J connectivity index is 2.55. The second kappa shape index (κ2) is 5.59. The first kappa shape index (κ1) is 15.1. The fourth-order valence-electron chi connectivity index (χ4n) is 2.60. The van der Waals surface area contributed by atoms with Crippen molar-refractivity contribution in [3.8, 4) is 0 Å². The van der Waals surface area contributed by atoms with Gasteiger partial charge < -0.3 is 15.5 Å². The first-order valence-electron chi connectivity index (χ1n) is 6.96. The number of nitrogens with zero attached hydrogens (tertiary/aromatic N) is 2. The SMILES string of the molecule is CCNc1cccc(N2CCNC(=O)C2(C)C)c1[N+](=O)[O-]. The van der Waals surface area contributed by atoms with Crippen molar-refractivity contribution < 1.29 is 9.72 Å². The highest BCUT2D eigenvalue weighted by molar-refractivity contribution is 5.92. The van der Waals surface area contributed by atoms with Crippen molar-refractivity contribution in [2.45, 2.75) is 26.3 Å². The van der Waals surface area contributed by atoms with Crippen molar-refractivity contribution in [2.75, 3.05) is 29.9 Å². The van der Waals surface area contributed by atoms with Crippen molar-refractivity contribution in [2.24, 2.45) is 0 Å². The van der Waals surface area contributed by atoms with Gasteiger partial charge in [-0.05, 0) is 32.9 Å². The minimum atomic E-state index is -0.826. The van der Waals surface area contributed by atoms with Crippen LogP contribution in [-0.4, -0.2) is 36.0 Å². The number of carbonyl (C=O) groups is 1. The molecule has 0 saturated carbocycles. The van der Waals surface area contributed by atoms with Crippen molar-refractivity contribution >= 4 is 23.0 Å². The van der Waals surface area contributed by atoms with Crippen molar-refractivity contribution in [3.63, 3.8) is 0 Å². The van der Waals surface area contributed by atoms with Crippen molar-refractivity contribution in [3.05, 3.63) is 28.3 Å². The number of rotatable bonds is 4. The minimum Gasteiger partial charge on any atom is -0.380 e. The molecule has 1 aromatic rings. The summed E-state index contributed by atoms with van der Waals surface area (Å²) in [5.74, 6) is -0.128. The molecule has 2 rings (SSSR count). The Hall–Kier alpha value is -2.31. The van der Waals surface area contributed by atoms with Gasteiger partial charge in [-0.3, -0.25) is 14.9 Å². The molecule has 7 heteroatoms. The average molecular weight is 292 g/mol. The van der Waals surface area contributed by atoms with E-state index in [-0.39, 0.29) is 11.6 Å². The largest absolute Gasteiger partial charge is 0.380 e. The van der Waals surface area contributed by atoms with Crippen LogP contribution in [0.4, 0.5) is 17.1 Å². The van der Waals surface area contributed by atoms with Crippen molar-refractivity contribution in [1.82, 2.24) is 5.32 Å². The van der Waals surface area contributed by atoms with Gasteiger partial charge in [0.15, 0.2) is 0 Å². The number of hydrogen-bond acceptors (Lipinski definition) is 5. The van der Waals surface area contributed by atoms with Crippen LogP contribution in [0.5, 0.6) is 0 Å². The molecule has 0 aliphatic carbocycles. The molecule has 1 heterocycles. The number of anilines is 2. The normalized spacial score (nSPS) is 17.3. The highest BCUT2D eigenvalue weighted by Crippen LogP contribution is 2.38. The van der Waals surface area contributed by atoms with Crippen LogP contribution in [0.1, 0.15) is 20.8 Å². The standard InChI is InChI=1S/C14H20N4O3/c1-4-15-10-6-5-7-11(12(10)18(20)21)17-9-8-16-13(19)14(17,2)3/h5-7,15H,4,8-9H2,1-3H3,(H,16,19). The molecule has 0 aromatic heterocycles. The van der Waals surface area contributed by atoms with Crippen LogP contribution in [0, 0.1) is 10.1 Å². The summed E-state index contributed by atoms with van der Waals surface area (Å²) in [5, 5.41) is 17.3. The molecule has 1 amide bonds. The van der Waals surface area contributed by atoms with E-state index < -0.39 is 10.5 Å². The lowest BCUT2D eigenvalue weighted by Gasteiger charge is -2.42. The molecule has 7 nitrogen and oxygen atoms in total. The molecule has 0 spiro atoms. The summed E-state index contributed by atoms with van der Waals surface area (Å²) in [4.78, 5) is 24.9. The number of nitro benzene ring substituents is 1. The molecule has 0 radical (unpaired) electrons. The zero-order valence-electron chi connectivity index (χ0n) is 12.5. The van der Waals surface area contributed by atoms with Gasteiger partial charge in [0.1, 0.15) is 16.9 Å². The number of benzene rings is 1. The monoisotopic (exact) mass is 292 g/mol. The van der Waals surface area contributed by atoms with E-state index in [9.17, 15) is 14.9 Å². The van der Waals surface area contributed by atoms with E-state index in [1.807, 2.05) is 6.92 Å². The van der Waals surface area contributed by atoms with E-state index in [1.54, 1.807) is 36.9 Å². The molecule has 1 aliphatic rings. The van der Waals surface area contributed by atoms with E-state index in [0.717, 1.165) is 0 Å². The fraction of sp³-hybridized carbons (Fsp3) is 0.500. The van der Waals surface area contributed by atoms with E-state index in [2.05, 4.69) is 10.6 Å². The molecule has 2 N–H and O–H groups in total. The second-order valence-electron chi connectivity index (χ2n) is 5.43. The van der Waals surface area contributed by atoms with Crippen LogP contribution in [0.2, 0.25) is 0 Å². The van der Waals surface area contributed by atoms with Crippen LogP contribution in [0.15, 0.2) is 18.2 Å². The Bertz CT molecular complexity index is 571. The van der Waals surface area contributed by atoms with Crippen LogP contribution < -0.4 is 15.5 Å². The predicted octanol–water partition coefficient (Wildman–Crippen LogP) is 1.74. The third-order valence-corrected chi connectivity index (χ3v) is 3.71. The van der Waals surface area contributed by atoms with Gasteiger partial charge >= 0.3 is 5.69 Å². The number of carbonyl (C=O) groups excluding carboxylic acids is 1. The van der Waals surface area contributed by atoms with Gasteiger partial charge in [-0.2, -0.15) is 0 Å². The van der Waals surface area contributed by atoms with Crippen LogP contribution >= 0.6 is 0 Å². The van der Waals surface area contributed by atoms with Gasteiger partial charge in [0.25, 0.3) is 0 Å². The summed E-state index contributed by atoms with van der Waals surface area (Å²) in [7, 11) is 0. The van der Waals surface area contributed by atoms with Gasteiger partial charge in [-0.1, -0.05) is 6.07 Å². The lowest BCUT2D eigenvalue weighted by Crippen LogP contribution is -2.62. The van der Waals surface area contributed by atoms with E-state index in [0.29, 0.717) is 31.0 Å². The molecule has 1 fully saturated rings. The van der Waals surface area contributed by atoms with Crippen LogP contribution in [0.3, 0.4) is 0 Å². The van der Waals surface area contributed by atoms with Gasteiger partial charge in [0.05, 0.1) is 4.92 Å². The number of hydrogen-bond donors (Lipinski definition) is 2. The molecule has 0 bridgehead atoms. The quantitative estimate of drug-likeness (QED) is 0.652. The Morgan fingerprint density at radius 2 is 2.19 bits per heavy atom. The number of nitrogens with one attached hydrogen (secondary N) is 2. The zero-order chi connectivity index (χ0) is 15.6. The molecular weight excluding hydrogens is 272 g/mol. The highest BCUT2D eigenvalue weighted by Gasteiger charge is 2.40. The number of nitro groups is 1. The molecule has 1 saturated heterocycles. The van der Waals surface area contributed by atoms with Crippen molar-refractivity contribution in [1.29, 1.82) is 0 Å². The first-order valence-corrected chi connectivity index (χ1v) is 6.96. The zero-order valence-corrected chi connectivity index (χ0v) is 12.5. The van der Waals surface area contributed by atoms with Crippen LogP contribution in [0.25, 0.3) is 0 Å². The molecule has 1 aromatic carbocycles. The third-order valence-electron chi connectivity index (χ3n) is 3.71. The van der Waals surface area contributed by atoms with Gasteiger partial charge in [-0.15, -0.1) is 0 Å². The number of para-hydroxylation sites is 1. The Labute approximate surface area is 123 Å². The summed E-state index contributed by atoms with van der Waals surface area (Å²) in [6.07, 6.45) is 0. The van der Waals surface area contributed by atoms with E-state index >= 15 is 0 Å². The first-order chi connectivity index (χ1) is 9.89.